The Hall–Kier alpha value is -1.39. The maximum atomic E-state index is 12.2. The summed E-state index contributed by atoms with van der Waals surface area (Å²) >= 11 is 0. The number of aryl methyl sites for hydroxylation is 2. The van der Waals surface area contributed by atoms with Crippen LogP contribution in [0.4, 0.5) is 5.69 Å². The summed E-state index contributed by atoms with van der Waals surface area (Å²) in [5.41, 5.74) is 3.23. The molecule has 0 radical (unpaired) electrons. The number of likely N-dealkylation sites (tertiary alicyclic amines) is 1. The fraction of sp³-hybridized carbons (Fsp3) is 0.562. The molecule has 2 N–H and O–H groups in total. The highest BCUT2D eigenvalue weighted by Crippen LogP contribution is 2.26. The predicted octanol–water partition coefficient (Wildman–Crippen LogP) is 1.39. The zero-order valence-corrected chi connectivity index (χ0v) is 12.3. The zero-order valence-electron chi connectivity index (χ0n) is 12.3. The Morgan fingerprint density at radius 3 is 2.70 bits per heavy atom. The fourth-order valence-electron chi connectivity index (χ4n) is 3.34. The maximum absolute atomic E-state index is 12.2. The van der Waals surface area contributed by atoms with Gasteiger partial charge in [0, 0.05) is 18.8 Å². The van der Waals surface area contributed by atoms with Crippen molar-refractivity contribution in [3.63, 3.8) is 0 Å². The molecule has 1 aromatic rings. The first-order chi connectivity index (χ1) is 9.61. The molecule has 2 saturated heterocycles. The maximum Gasteiger partial charge on any atom is 0.238 e. The molecule has 0 aromatic heterocycles. The number of nitrogens with one attached hydrogen (secondary N) is 2. The number of nitrogens with zero attached hydrogens (tertiary/aromatic N) is 1. The summed E-state index contributed by atoms with van der Waals surface area (Å²) in [5, 5.41) is 6.47. The minimum Gasteiger partial charge on any atom is -0.325 e. The molecule has 0 aliphatic carbocycles. The summed E-state index contributed by atoms with van der Waals surface area (Å²) in [6.45, 7) is 8.92. The van der Waals surface area contributed by atoms with Crippen molar-refractivity contribution in [2.75, 3.05) is 38.0 Å². The van der Waals surface area contributed by atoms with Crippen LogP contribution in [0.25, 0.3) is 0 Å². The lowest BCUT2D eigenvalue weighted by Crippen LogP contribution is -2.33. The average molecular weight is 273 g/mol. The van der Waals surface area contributed by atoms with E-state index in [1.54, 1.807) is 0 Å². The topological polar surface area (TPSA) is 44.4 Å². The van der Waals surface area contributed by atoms with Crippen LogP contribution in [0, 0.1) is 25.7 Å². The van der Waals surface area contributed by atoms with Gasteiger partial charge >= 0.3 is 0 Å². The van der Waals surface area contributed by atoms with Crippen LogP contribution < -0.4 is 10.6 Å². The van der Waals surface area contributed by atoms with Gasteiger partial charge in [0.15, 0.2) is 0 Å². The SMILES string of the molecule is Cc1ccc(C)c(NC(=O)CN2CC3CNCC3C2)c1. The molecule has 0 bridgehead atoms. The molecule has 1 amide bonds. The summed E-state index contributed by atoms with van der Waals surface area (Å²) in [4.78, 5) is 14.5. The Balaban J connectivity index is 1.56. The third kappa shape index (κ3) is 2.86. The van der Waals surface area contributed by atoms with E-state index in [-0.39, 0.29) is 5.91 Å². The number of anilines is 1. The van der Waals surface area contributed by atoms with Crippen LogP contribution in [0.5, 0.6) is 0 Å². The quantitative estimate of drug-likeness (QED) is 0.875. The molecule has 2 aliphatic heterocycles. The van der Waals surface area contributed by atoms with Crippen molar-refractivity contribution in [2.45, 2.75) is 13.8 Å². The first kappa shape index (κ1) is 13.6. The van der Waals surface area contributed by atoms with Gasteiger partial charge in [0.2, 0.25) is 5.91 Å². The van der Waals surface area contributed by atoms with Crippen LogP contribution in [-0.4, -0.2) is 43.5 Å². The third-order valence-corrected chi connectivity index (χ3v) is 4.50. The van der Waals surface area contributed by atoms with Gasteiger partial charge in [0.1, 0.15) is 0 Å². The normalized spacial score (nSPS) is 25.7. The number of benzene rings is 1. The number of hydrogen-bond acceptors (Lipinski definition) is 3. The molecule has 108 valence electrons. The van der Waals surface area contributed by atoms with Crippen molar-refractivity contribution in [1.82, 2.24) is 10.2 Å². The summed E-state index contributed by atoms with van der Waals surface area (Å²) in [6.07, 6.45) is 0. The van der Waals surface area contributed by atoms with Crippen molar-refractivity contribution >= 4 is 11.6 Å². The van der Waals surface area contributed by atoms with Crippen LogP contribution in [0.2, 0.25) is 0 Å². The third-order valence-electron chi connectivity index (χ3n) is 4.50. The summed E-state index contributed by atoms with van der Waals surface area (Å²) in [6, 6.07) is 6.16. The van der Waals surface area contributed by atoms with E-state index in [1.165, 1.54) is 5.56 Å². The lowest BCUT2D eigenvalue weighted by Gasteiger charge is -2.17. The number of fused-ring (bicyclic) bond motifs is 1. The number of hydrogen-bond donors (Lipinski definition) is 2. The standard InChI is InChI=1S/C16H23N3O/c1-11-3-4-12(2)15(5-11)18-16(20)10-19-8-13-6-17-7-14(13)9-19/h3-5,13-14,17H,6-10H2,1-2H3,(H,18,20). The Morgan fingerprint density at radius 2 is 2.00 bits per heavy atom. The lowest BCUT2D eigenvalue weighted by atomic mass is 10.0. The summed E-state index contributed by atoms with van der Waals surface area (Å²) in [7, 11) is 0. The van der Waals surface area contributed by atoms with E-state index in [0.29, 0.717) is 6.54 Å². The van der Waals surface area contributed by atoms with Gasteiger partial charge in [-0.1, -0.05) is 12.1 Å². The van der Waals surface area contributed by atoms with Crippen molar-refractivity contribution in [1.29, 1.82) is 0 Å². The van der Waals surface area contributed by atoms with E-state index in [0.717, 1.165) is 49.3 Å². The van der Waals surface area contributed by atoms with Crippen LogP contribution in [0.1, 0.15) is 11.1 Å². The number of rotatable bonds is 3. The van der Waals surface area contributed by atoms with Crippen LogP contribution >= 0.6 is 0 Å². The molecule has 3 rings (SSSR count). The number of carbonyl (C=O) groups excluding carboxylic acids is 1. The van der Waals surface area contributed by atoms with Gasteiger partial charge in [-0.3, -0.25) is 9.69 Å². The van der Waals surface area contributed by atoms with Gasteiger partial charge in [-0.05, 0) is 56.0 Å². The van der Waals surface area contributed by atoms with E-state index in [4.69, 9.17) is 0 Å². The molecule has 2 unspecified atom stereocenters. The summed E-state index contributed by atoms with van der Waals surface area (Å²) < 4.78 is 0. The molecule has 2 heterocycles. The molecule has 0 saturated carbocycles. The van der Waals surface area contributed by atoms with Gasteiger partial charge in [-0.15, -0.1) is 0 Å². The second kappa shape index (κ2) is 5.54. The highest BCUT2D eigenvalue weighted by Gasteiger charge is 2.36. The number of amides is 1. The molecular weight excluding hydrogens is 250 g/mol. The smallest absolute Gasteiger partial charge is 0.238 e. The van der Waals surface area contributed by atoms with Crippen molar-refractivity contribution in [3.05, 3.63) is 29.3 Å². The Labute approximate surface area is 120 Å². The molecule has 4 heteroatoms. The van der Waals surface area contributed by atoms with Gasteiger partial charge in [0.25, 0.3) is 0 Å². The lowest BCUT2D eigenvalue weighted by molar-refractivity contribution is -0.117. The predicted molar refractivity (Wildman–Crippen MR) is 80.8 cm³/mol. The fourth-order valence-corrected chi connectivity index (χ4v) is 3.34. The Morgan fingerprint density at radius 1 is 1.30 bits per heavy atom. The van der Waals surface area contributed by atoms with E-state index in [2.05, 4.69) is 27.7 Å². The average Bonchev–Trinajstić information content (AvgIpc) is 2.94. The molecule has 2 fully saturated rings. The largest absolute Gasteiger partial charge is 0.325 e. The van der Waals surface area contributed by atoms with Crippen LogP contribution in [-0.2, 0) is 4.79 Å². The minimum atomic E-state index is 0.103. The molecule has 2 atom stereocenters. The summed E-state index contributed by atoms with van der Waals surface area (Å²) in [5.74, 6) is 1.58. The van der Waals surface area contributed by atoms with Crippen molar-refractivity contribution < 1.29 is 4.79 Å². The molecule has 2 aliphatic rings. The molecular formula is C16H23N3O. The van der Waals surface area contributed by atoms with Crippen LogP contribution in [0.15, 0.2) is 18.2 Å². The van der Waals surface area contributed by atoms with E-state index in [1.807, 2.05) is 19.9 Å². The van der Waals surface area contributed by atoms with E-state index in [9.17, 15) is 4.79 Å². The first-order valence-corrected chi connectivity index (χ1v) is 7.42. The first-order valence-electron chi connectivity index (χ1n) is 7.42. The molecule has 1 aromatic carbocycles. The van der Waals surface area contributed by atoms with Gasteiger partial charge in [-0.25, -0.2) is 0 Å². The van der Waals surface area contributed by atoms with E-state index >= 15 is 0 Å². The zero-order chi connectivity index (χ0) is 14.1. The molecule has 0 spiro atoms. The van der Waals surface area contributed by atoms with Gasteiger partial charge in [-0.2, -0.15) is 0 Å². The van der Waals surface area contributed by atoms with Gasteiger partial charge in [0.05, 0.1) is 6.54 Å². The minimum absolute atomic E-state index is 0.103. The van der Waals surface area contributed by atoms with Crippen molar-refractivity contribution in [2.24, 2.45) is 11.8 Å². The second-order valence-corrected chi connectivity index (χ2v) is 6.24. The number of carbonyl (C=O) groups is 1. The molecule has 20 heavy (non-hydrogen) atoms. The van der Waals surface area contributed by atoms with Gasteiger partial charge < -0.3 is 10.6 Å². The van der Waals surface area contributed by atoms with Crippen molar-refractivity contribution in [3.8, 4) is 0 Å². The van der Waals surface area contributed by atoms with Crippen LogP contribution in [0.3, 0.4) is 0 Å². The Kier molecular flexibility index (Phi) is 3.76. The Bertz CT molecular complexity index is 502. The molecule has 4 nitrogen and oxygen atoms in total. The highest BCUT2D eigenvalue weighted by atomic mass is 16.2. The monoisotopic (exact) mass is 273 g/mol. The van der Waals surface area contributed by atoms with E-state index < -0.39 is 0 Å². The second-order valence-electron chi connectivity index (χ2n) is 6.24. The highest BCUT2D eigenvalue weighted by molar-refractivity contribution is 5.93.